The smallest absolute Gasteiger partial charge is 0.406 e. The van der Waals surface area contributed by atoms with Crippen molar-refractivity contribution in [3.8, 4) is 11.8 Å². The number of ether oxygens (including phenoxy) is 1. The molecular weight excluding hydrogens is 350 g/mol. The lowest BCUT2D eigenvalue weighted by Crippen LogP contribution is -2.28. The van der Waals surface area contributed by atoms with Crippen LogP contribution in [0.15, 0.2) is 54.0 Å². The Labute approximate surface area is 154 Å². The molecule has 0 spiro atoms. The number of fused-ring (bicyclic) bond motifs is 1. The zero-order chi connectivity index (χ0) is 19.6. The van der Waals surface area contributed by atoms with Gasteiger partial charge in [-0.3, -0.25) is 4.79 Å². The molecule has 136 valence electrons. The van der Waals surface area contributed by atoms with Crippen LogP contribution < -0.4 is 14.5 Å². The van der Waals surface area contributed by atoms with Crippen LogP contribution in [0.3, 0.4) is 0 Å². The number of rotatable bonds is 5. The minimum Gasteiger partial charge on any atom is -0.477 e. The number of carbonyl (C=O) groups is 1. The first-order valence-electron chi connectivity index (χ1n) is 7.92. The van der Waals surface area contributed by atoms with Crippen LogP contribution in [0.1, 0.15) is 0 Å². The van der Waals surface area contributed by atoms with E-state index in [2.05, 4.69) is 4.98 Å². The molecule has 0 atom stereocenters. The number of Topliss-reactive ketones (excluding diaryl/α,β-unsaturated/α-hetero) is 1. The maximum atomic E-state index is 12.6. The lowest BCUT2D eigenvalue weighted by molar-refractivity contribution is -0.390. The van der Waals surface area contributed by atoms with Gasteiger partial charge in [-0.2, -0.15) is 5.26 Å². The Morgan fingerprint density at radius 1 is 1.22 bits per heavy atom. The molecule has 0 saturated carbocycles. The van der Waals surface area contributed by atoms with Gasteiger partial charge < -0.3 is 24.7 Å². The molecule has 1 aliphatic rings. The Morgan fingerprint density at radius 2 is 1.85 bits per heavy atom. The number of anilines is 2. The molecule has 0 saturated heterocycles. The highest BCUT2D eigenvalue weighted by Crippen LogP contribution is 2.40. The third-order valence-electron chi connectivity index (χ3n) is 4.14. The van der Waals surface area contributed by atoms with Crippen LogP contribution in [0.25, 0.3) is 0 Å². The summed E-state index contributed by atoms with van der Waals surface area (Å²) in [7, 11) is 3.52. The van der Waals surface area contributed by atoms with E-state index in [4.69, 9.17) is 4.74 Å². The van der Waals surface area contributed by atoms with Crippen molar-refractivity contribution >= 4 is 23.0 Å². The first-order chi connectivity index (χ1) is 13.0. The number of para-hydroxylation sites is 2. The maximum Gasteiger partial charge on any atom is 0.406 e. The highest BCUT2D eigenvalue weighted by Gasteiger charge is 2.31. The van der Waals surface area contributed by atoms with Crippen LogP contribution in [-0.4, -0.2) is 36.4 Å². The zero-order valence-corrected chi connectivity index (χ0v) is 14.6. The number of nitrogens with zero attached hydrogens (tertiary/aromatic N) is 5. The van der Waals surface area contributed by atoms with Gasteiger partial charge in [-0.25, -0.2) is 0 Å². The first-order valence-corrected chi connectivity index (χ1v) is 7.92. The lowest BCUT2D eigenvalue weighted by Gasteiger charge is -2.19. The maximum absolute atomic E-state index is 12.6. The molecule has 1 aromatic heterocycles. The number of benzene rings is 1. The molecular formula is C18H15N5O4. The van der Waals surface area contributed by atoms with E-state index in [1.807, 2.05) is 30.3 Å². The van der Waals surface area contributed by atoms with Gasteiger partial charge in [-0.1, -0.05) is 12.1 Å². The Kier molecular flexibility index (Phi) is 4.72. The summed E-state index contributed by atoms with van der Waals surface area (Å²) in [6, 6.07) is 12.2. The zero-order valence-electron chi connectivity index (χ0n) is 14.6. The molecule has 2 heterocycles. The van der Waals surface area contributed by atoms with Gasteiger partial charge in [0.05, 0.1) is 11.4 Å². The van der Waals surface area contributed by atoms with Crippen LogP contribution in [0.4, 0.5) is 17.2 Å². The molecule has 9 nitrogen and oxygen atoms in total. The highest BCUT2D eigenvalue weighted by atomic mass is 16.6. The third kappa shape index (κ3) is 3.16. The van der Waals surface area contributed by atoms with Gasteiger partial charge in [0.15, 0.2) is 6.61 Å². The Bertz CT molecular complexity index is 964. The van der Waals surface area contributed by atoms with Crippen molar-refractivity contribution in [3.63, 3.8) is 0 Å². The van der Waals surface area contributed by atoms with Gasteiger partial charge in [0.2, 0.25) is 11.5 Å². The summed E-state index contributed by atoms with van der Waals surface area (Å²) in [5, 5.41) is 20.5. The second-order valence-electron chi connectivity index (χ2n) is 5.71. The van der Waals surface area contributed by atoms with E-state index in [9.17, 15) is 20.2 Å². The van der Waals surface area contributed by atoms with Crippen LogP contribution in [0, 0.1) is 21.4 Å². The summed E-state index contributed by atoms with van der Waals surface area (Å²) in [6.07, 6.45) is 1.26. The molecule has 2 aromatic rings. The molecule has 1 aliphatic heterocycles. The Balaban J connectivity index is 1.87. The van der Waals surface area contributed by atoms with E-state index < -0.39 is 23.1 Å². The van der Waals surface area contributed by atoms with Crippen LogP contribution in [-0.2, 0) is 4.79 Å². The summed E-state index contributed by atoms with van der Waals surface area (Å²) in [6.45, 7) is -0.517. The van der Waals surface area contributed by atoms with E-state index in [0.717, 1.165) is 11.4 Å². The lowest BCUT2D eigenvalue weighted by atomic mass is 10.2. The number of carbonyl (C=O) groups excluding carboxylic acids is 1. The number of hydrogen-bond acceptors (Lipinski definition) is 8. The molecule has 0 bridgehead atoms. The van der Waals surface area contributed by atoms with Crippen LogP contribution in [0.5, 0.6) is 5.75 Å². The number of nitriles is 1. The Hall–Kier alpha value is -3.93. The van der Waals surface area contributed by atoms with Crippen molar-refractivity contribution in [2.75, 3.05) is 30.5 Å². The van der Waals surface area contributed by atoms with Crippen molar-refractivity contribution in [2.24, 2.45) is 0 Å². The Morgan fingerprint density at radius 3 is 2.41 bits per heavy atom. The van der Waals surface area contributed by atoms with Gasteiger partial charge in [0.25, 0.3) is 0 Å². The van der Waals surface area contributed by atoms with Crippen molar-refractivity contribution in [3.05, 3.63) is 64.1 Å². The molecule has 9 heteroatoms. The quantitative estimate of drug-likeness (QED) is 0.343. The average molecular weight is 365 g/mol. The molecule has 27 heavy (non-hydrogen) atoms. The minimum atomic E-state index is -0.696. The summed E-state index contributed by atoms with van der Waals surface area (Å²) >= 11 is 0. The fraction of sp³-hybridized carbons (Fsp3) is 0.167. The number of aromatic nitrogens is 1. The van der Waals surface area contributed by atoms with E-state index >= 15 is 0 Å². The fourth-order valence-electron chi connectivity index (χ4n) is 2.90. The highest BCUT2D eigenvalue weighted by molar-refractivity contribution is 6.03. The number of ketones is 1. The minimum absolute atomic E-state index is 0.0947. The molecule has 1 aromatic carbocycles. The van der Waals surface area contributed by atoms with Crippen molar-refractivity contribution in [2.45, 2.75) is 0 Å². The van der Waals surface area contributed by atoms with E-state index in [1.54, 1.807) is 23.9 Å². The normalized spacial score (nSPS) is 12.4. The van der Waals surface area contributed by atoms with Gasteiger partial charge in [0, 0.05) is 14.1 Å². The van der Waals surface area contributed by atoms with Crippen molar-refractivity contribution in [1.29, 1.82) is 5.26 Å². The van der Waals surface area contributed by atoms with Crippen molar-refractivity contribution in [1.82, 2.24) is 4.98 Å². The summed E-state index contributed by atoms with van der Waals surface area (Å²) in [4.78, 5) is 30.0. The first kappa shape index (κ1) is 17.9. The molecule has 3 rings (SSSR count). The molecule has 0 radical (unpaired) electrons. The van der Waals surface area contributed by atoms with E-state index in [-0.39, 0.29) is 11.3 Å². The third-order valence-corrected chi connectivity index (χ3v) is 4.14. The largest absolute Gasteiger partial charge is 0.477 e. The molecule has 0 N–H and O–H groups in total. The molecule has 0 amide bonds. The van der Waals surface area contributed by atoms with Gasteiger partial charge in [-0.15, -0.1) is 0 Å². The van der Waals surface area contributed by atoms with Gasteiger partial charge in [0.1, 0.15) is 23.7 Å². The summed E-state index contributed by atoms with van der Waals surface area (Å²) < 4.78 is 5.27. The summed E-state index contributed by atoms with van der Waals surface area (Å²) in [5.74, 6) is -0.779. The van der Waals surface area contributed by atoms with E-state index in [1.165, 1.54) is 18.3 Å². The standard InChI is InChI=1S/C18H15N5O4/c1-21-13-6-3-4-7-14(13)22(2)18(21)12(10-19)15(24)11-27-16-8-5-9-20-17(16)23(25)26/h3-9H,11H2,1-2H3. The van der Waals surface area contributed by atoms with Gasteiger partial charge >= 0.3 is 5.82 Å². The average Bonchev–Trinajstić information content (AvgIpc) is 2.93. The topological polar surface area (TPSA) is 113 Å². The fourth-order valence-corrected chi connectivity index (χ4v) is 2.90. The van der Waals surface area contributed by atoms with Gasteiger partial charge in [-0.05, 0) is 34.2 Å². The number of hydrogen-bond donors (Lipinski definition) is 0. The second kappa shape index (κ2) is 7.13. The number of nitro groups is 1. The summed E-state index contributed by atoms with van der Waals surface area (Å²) in [5.41, 5.74) is 1.63. The monoisotopic (exact) mass is 365 g/mol. The van der Waals surface area contributed by atoms with Crippen LogP contribution in [0.2, 0.25) is 0 Å². The predicted molar refractivity (Wildman–Crippen MR) is 97.3 cm³/mol. The molecule has 0 aliphatic carbocycles. The molecule has 0 fully saturated rings. The molecule has 0 unspecified atom stereocenters. The second-order valence-corrected chi connectivity index (χ2v) is 5.71. The van der Waals surface area contributed by atoms with Crippen molar-refractivity contribution < 1.29 is 14.5 Å². The number of pyridine rings is 1. The van der Waals surface area contributed by atoms with E-state index in [0.29, 0.717) is 5.82 Å². The predicted octanol–water partition coefficient (Wildman–Crippen LogP) is 2.26. The van der Waals surface area contributed by atoms with Crippen LogP contribution >= 0.6 is 0 Å². The SMILES string of the molecule is CN1C(=C(C#N)C(=O)COc2cccnc2[N+](=O)[O-])N(C)c2ccccc21.